The first-order valence-corrected chi connectivity index (χ1v) is 6.35. The summed E-state index contributed by atoms with van der Waals surface area (Å²) in [6.07, 6.45) is 1.75. The Kier molecular flexibility index (Phi) is 2.87. The van der Waals surface area contributed by atoms with E-state index >= 15 is 0 Å². The molecule has 0 bridgehead atoms. The molecule has 0 fully saturated rings. The number of fused-ring (bicyclic) bond motifs is 1. The van der Waals surface area contributed by atoms with Crippen molar-refractivity contribution >= 4 is 5.69 Å². The number of aromatic nitrogens is 3. The summed E-state index contributed by atoms with van der Waals surface area (Å²) in [4.78, 5) is 2.18. The number of nitrogens with two attached hydrogens (primary N) is 1. The van der Waals surface area contributed by atoms with E-state index in [0.717, 1.165) is 30.2 Å². The van der Waals surface area contributed by atoms with E-state index in [1.165, 1.54) is 0 Å². The van der Waals surface area contributed by atoms with Gasteiger partial charge in [-0.25, -0.2) is 0 Å². The van der Waals surface area contributed by atoms with E-state index < -0.39 is 0 Å². The third-order valence-electron chi connectivity index (χ3n) is 3.51. The van der Waals surface area contributed by atoms with Crippen molar-refractivity contribution in [3.8, 4) is 5.75 Å². The Morgan fingerprint density at radius 3 is 2.95 bits per heavy atom. The number of anilines is 1. The Bertz CT molecular complexity index is 592. The minimum absolute atomic E-state index is 0.168. The van der Waals surface area contributed by atoms with Crippen molar-refractivity contribution in [1.29, 1.82) is 0 Å². The lowest BCUT2D eigenvalue weighted by molar-refractivity contribution is 0.463. The van der Waals surface area contributed by atoms with Crippen LogP contribution in [0.5, 0.6) is 5.75 Å². The van der Waals surface area contributed by atoms with Gasteiger partial charge in [-0.2, -0.15) is 0 Å². The average Bonchev–Trinajstić information content (AvgIpc) is 2.85. The fourth-order valence-corrected chi connectivity index (χ4v) is 2.40. The van der Waals surface area contributed by atoms with Crippen LogP contribution >= 0.6 is 0 Å². The molecule has 0 spiro atoms. The molecule has 19 heavy (non-hydrogen) atoms. The maximum Gasteiger partial charge on any atom is 0.152 e. The van der Waals surface area contributed by atoms with Gasteiger partial charge in [0.05, 0.1) is 6.54 Å². The van der Waals surface area contributed by atoms with Gasteiger partial charge in [0, 0.05) is 36.4 Å². The van der Waals surface area contributed by atoms with E-state index in [4.69, 9.17) is 5.73 Å². The quantitative estimate of drug-likeness (QED) is 0.841. The Morgan fingerprint density at radius 2 is 2.21 bits per heavy atom. The predicted molar refractivity (Wildman–Crippen MR) is 71.8 cm³/mol. The molecule has 2 aromatic rings. The van der Waals surface area contributed by atoms with Crippen molar-refractivity contribution in [2.45, 2.75) is 26.1 Å². The fraction of sp³-hybridized carbons (Fsp3) is 0.385. The van der Waals surface area contributed by atoms with E-state index in [1.54, 1.807) is 12.4 Å². The Morgan fingerprint density at radius 1 is 1.37 bits per heavy atom. The molecular formula is C13H17N5O. The van der Waals surface area contributed by atoms with Gasteiger partial charge in [-0.05, 0) is 13.0 Å². The second kappa shape index (κ2) is 4.55. The van der Waals surface area contributed by atoms with Gasteiger partial charge in [-0.1, -0.05) is 6.07 Å². The van der Waals surface area contributed by atoms with Gasteiger partial charge in [-0.3, -0.25) is 0 Å². The Labute approximate surface area is 111 Å². The van der Waals surface area contributed by atoms with Crippen LogP contribution in [-0.2, 0) is 13.1 Å². The smallest absolute Gasteiger partial charge is 0.152 e. The fourth-order valence-electron chi connectivity index (χ4n) is 2.40. The number of benzene rings is 1. The minimum atomic E-state index is -0.168. The van der Waals surface area contributed by atoms with Crippen LogP contribution in [-0.4, -0.2) is 26.4 Å². The molecule has 0 saturated heterocycles. The second-order valence-electron chi connectivity index (χ2n) is 4.89. The molecule has 0 aliphatic carbocycles. The summed E-state index contributed by atoms with van der Waals surface area (Å²) in [5.41, 5.74) is 7.55. The van der Waals surface area contributed by atoms with Crippen LogP contribution in [0.1, 0.15) is 24.4 Å². The largest absolute Gasteiger partial charge is 0.508 e. The van der Waals surface area contributed by atoms with Gasteiger partial charge in [0.15, 0.2) is 5.82 Å². The topological polar surface area (TPSA) is 80.2 Å². The normalized spacial score (nSPS) is 16.2. The van der Waals surface area contributed by atoms with Crippen molar-refractivity contribution in [2.24, 2.45) is 5.73 Å². The third kappa shape index (κ3) is 2.15. The van der Waals surface area contributed by atoms with Gasteiger partial charge in [0.1, 0.15) is 12.1 Å². The molecule has 3 N–H and O–H groups in total. The number of hydrogen-bond donors (Lipinski definition) is 2. The van der Waals surface area contributed by atoms with Crippen molar-refractivity contribution in [2.75, 3.05) is 11.4 Å². The van der Waals surface area contributed by atoms with Gasteiger partial charge < -0.3 is 20.3 Å². The van der Waals surface area contributed by atoms with Crippen molar-refractivity contribution in [1.82, 2.24) is 14.8 Å². The highest BCUT2D eigenvalue weighted by Gasteiger charge is 2.18. The zero-order chi connectivity index (χ0) is 13.4. The first-order chi connectivity index (χ1) is 9.15. The van der Waals surface area contributed by atoms with Crippen LogP contribution in [0.3, 0.4) is 0 Å². The lowest BCUT2D eigenvalue weighted by Gasteiger charge is -2.29. The molecule has 1 aromatic heterocycles. The molecule has 3 rings (SSSR count). The Hall–Kier alpha value is -2.08. The summed E-state index contributed by atoms with van der Waals surface area (Å²) in [5.74, 6) is 1.20. The molecule has 6 heteroatoms. The highest BCUT2D eigenvalue weighted by Crippen LogP contribution is 2.29. The van der Waals surface area contributed by atoms with Crippen molar-refractivity contribution in [3.63, 3.8) is 0 Å². The van der Waals surface area contributed by atoms with Gasteiger partial charge in [0.2, 0.25) is 0 Å². The minimum Gasteiger partial charge on any atom is -0.508 e. The van der Waals surface area contributed by atoms with Gasteiger partial charge >= 0.3 is 0 Å². The molecule has 6 nitrogen and oxygen atoms in total. The first kappa shape index (κ1) is 12.0. The summed E-state index contributed by atoms with van der Waals surface area (Å²) in [7, 11) is 0. The summed E-state index contributed by atoms with van der Waals surface area (Å²) in [6, 6.07) is 5.47. The number of phenols is 1. The number of aromatic hydroxyl groups is 1. The molecule has 2 heterocycles. The molecule has 1 aliphatic heterocycles. The zero-order valence-electron chi connectivity index (χ0n) is 10.8. The molecule has 0 radical (unpaired) electrons. The highest BCUT2D eigenvalue weighted by molar-refractivity contribution is 5.54. The van der Waals surface area contributed by atoms with E-state index in [9.17, 15) is 5.11 Å². The molecule has 1 unspecified atom stereocenters. The summed E-state index contributed by atoms with van der Waals surface area (Å²) < 4.78 is 2.05. The van der Waals surface area contributed by atoms with E-state index in [2.05, 4.69) is 15.1 Å². The van der Waals surface area contributed by atoms with Crippen molar-refractivity contribution < 1.29 is 5.11 Å². The monoisotopic (exact) mass is 259 g/mol. The van der Waals surface area contributed by atoms with Gasteiger partial charge in [0.25, 0.3) is 0 Å². The van der Waals surface area contributed by atoms with E-state index in [0.29, 0.717) is 6.54 Å². The highest BCUT2D eigenvalue weighted by atomic mass is 16.3. The maximum atomic E-state index is 10.0. The van der Waals surface area contributed by atoms with Crippen molar-refractivity contribution in [3.05, 3.63) is 35.9 Å². The SMILES string of the molecule is CC(N)c1ccc(N2CCn3cnnc3C2)cc1O. The van der Waals surface area contributed by atoms with Crippen LogP contribution < -0.4 is 10.6 Å². The number of phenolic OH excluding ortho intramolecular Hbond substituents is 1. The zero-order valence-corrected chi connectivity index (χ0v) is 10.8. The summed E-state index contributed by atoms with van der Waals surface area (Å²) >= 11 is 0. The van der Waals surface area contributed by atoms with Crippen LogP contribution in [0.15, 0.2) is 24.5 Å². The maximum absolute atomic E-state index is 10.0. The molecule has 1 atom stereocenters. The number of rotatable bonds is 2. The lowest BCUT2D eigenvalue weighted by atomic mass is 10.1. The van der Waals surface area contributed by atoms with Crippen LogP contribution in [0.4, 0.5) is 5.69 Å². The number of nitrogens with zero attached hydrogens (tertiary/aromatic N) is 4. The van der Waals surface area contributed by atoms with E-state index in [1.807, 2.05) is 23.6 Å². The predicted octanol–water partition coefficient (Wildman–Crippen LogP) is 1.02. The average molecular weight is 259 g/mol. The molecule has 1 aromatic carbocycles. The standard InChI is InChI=1S/C13H17N5O/c1-9(14)11-3-2-10(6-12(11)19)17-4-5-18-8-15-16-13(18)7-17/h2-3,6,8-9,19H,4-5,7,14H2,1H3. The van der Waals surface area contributed by atoms with Gasteiger partial charge in [-0.15, -0.1) is 10.2 Å². The summed E-state index contributed by atoms with van der Waals surface area (Å²) in [5, 5.41) is 18.0. The summed E-state index contributed by atoms with van der Waals surface area (Å²) in [6.45, 7) is 4.30. The Balaban J connectivity index is 1.86. The second-order valence-corrected chi connectivity index (χ2v) is 4.89. The van der Waals surface area contributed by atoms with Crippen LogP contribution in [0, 0.1) is 0 Å². The van der Waals surface area contributed by atoms with E-state index in [-0.39, 0.29) is 11.8 Å². The molecule has 0 amide bonds. The molecule has 100 valence electrons. The molecular weight excluding hydrogens is 242 g/mol. The third-order valence-corrected chi connectivity index (χ3v) is 3.51. The van der Waals surface area contributed by atoms with Crippen LogP contribution in [0.2, 0.25) is 0 Å². The van der Waals surface area contributed by atoms with Crippen LogP contribution in [0.25, 0.3) is 0 Å². The molecule has 1 aliphatic rings. The number of hydrogen-bond acceptors (Lipinski definition) is 5. The first-order valence-electron chi connectivity index (χ1n) is 6.35. The molecule has 0 saturated carbocycles. The lowest BCUT2D eigenvalue weighted by Crippen LogP contribution is -2.33.